The van der Waals surface area contributed by atoms with Crippen LogP contribution in [0.4, 0.5) is 4.39 Å². The highest BCUT2D eigenvalue weighted by atomic mass is 19.1. The topological polar surface area (TPSA) is 38.7 Å². The molecule has 0 heterocycles. The molecule has 0 spiro atoms. The summed E-state index contributed by atoms with van der Waals surface area (Å²) in [6, 6.07) is 0. The van der Waals surface area contributed by atoms with E-state index in [-0.39, 0.29) is 6.42 Å². The number of alkyl halides is 1. The molecular weight excluding hydrogens is 113 g/mol. The van der Waals surface area contributed by atoms with Gasteiger partial charge in [0.05, 0.1) is 0 Å². The molecule has 0 radical (unpaired) electrons. The second-order valence-corrected chi connectivity index (χ2v) is 1.38. The van der Waals surface area contributed by atoms with Crippen molar-refractivity contribution < 1.29 is 9.23 Å². The average molecular weight is 121 g/mol. The average Bonchev–Trinajstić information content (AvgIpc) is 1.68. The highest BCUT2D eigenvalue weighted by molar-refractivity contribution is 4.36. The van der Waals surface area contributed by atoms with E-state index in [4.69, 9.17) is 0 Å². The van der Waals surface area contributed by atoms with E-state index >= 15 is 0 Å². The molecular formula is C4H8FNO2. The fraction of sp³-hybridized carbons (Fsp3) is 1.00. The van der Waals surface area contributed by atoms with Crippen molar-refractivity contribution in [2.75, 3.05) is 0 Å². The van der Waals surface area contributed by atoms with Crippen molar-refractivity contribution in [3.8, 4) is 0 Å². The molecule has 0 fully saturated rings. The van der Waals surface area contributed by atoms with E-state index in [9.17, 15) is 9.30 Å². The van der Waals surface area contributed by atoms with Gasteiger partial charge in [-0.15, -0.1) is 4.91 Å². The van der Waals surface area contributed by atoms with E-state index in [0.29, 0.717) is 6.42 Å². The van der Waals surface area contributed by atoms with E-state index in [1.807, 2.05) is 5.34 Å². The van der Waals surface area contributed by atoms with Crippen LogP contribution in [0.3, 0.4) is 0 Å². The van der Waals surface area contributed by atoms with Crippen LogP contribution in [0.15, 0.2) is 5.34 Å². The zero-order valence-electron chi connectivity index (χ0n) is 4.63. The summed E-state index contributed by atoms with van der Waals surface area (Å²) in [5.74, 6) is 0. The summed E-state index contributed by atoms with van der Waals surface area (Å²) in [4.78, 5) is 12.9. The summed E-state index contributed by atoms with van der Waals surface area (Å²) in [7, 11) is 0. The van der Waals surface area contributed by atoms with Gasteiger partial charge in [-0.3, -0.25) is 0 Å². The van der Waals surface area contributed by atoms with Crippen LogP contribution in [0.25, 0.3) is 0 Å². The summed E-state index contributed by atoms with van der Waals surface area (Å²) >= 11 is 0. The smallest absolute Gasteiger partial charge is 0.267 e. The van der Waals surface area contributed by atoms with Gasteiger partial charge in [0.2, 0.25) is 0 Å². The third kappa shape index (κ3) is 3.52. The summed E-state index contributed by atoms with van der Waals surface area (Å²) in [6.07, 6.45) is -0.639. The van der Waals surface area contributed by atoms with Gasteiger partial charge in [0.1, 0.15) is 0 Å². The number of rotatable bonds is 4. The molecule has 0 aromatic heterocycles. The highest BCUT2D eigenvalue weighted by Gasteiger charge is 2.02. The van der Waals surface area contributed by atoms with Gasteiger partial charge in [0.25, 0.3) is 6.36 Å². The van der Waals surface area contributed by atoms with Crippen molar-refractivity contribution >= 4 is 0 Å². The molecule has 0 aliphatic carbocycles. The van der Waals surface area contributed by atoms with Crippen molar-refractivity contribution in [3.05, 3.63) is 4.91 Å². The standard InChI is InChI=1S/C4H8FNO2/c1-2-3-4(5)8-6-7/h4H,2-3H2,1H3. The Morgan fingerprint density at radius 1 is 1.88 bits per heavy atom. The summed E-state index contributed by atoms with van der Waals surface area (Å²) in [5, 5.41) is 1.93. The fourth-order valence-corrected chi connectivity index (χ4v) is 0.326. The van der Waals surface area contributed by atoms with Crippen LogP contribution in [0.2, 0.25) is 0 Å². The van der Waals surface area contributed by atoms with E-state index < -0.39 is 6.36 Å². The van der Waals surface area contributed by atoms with Crippen LogP contribution in [0.1, 0.15) is 19.8 Å². The molecule has 0 aromatic carbocycles. The molecule has 0 saturated heterocycles. The maximum atomic E-state index is 11.9. The van der Waals surface area contributed by atoms with Gasteiger partial charge in [0.15, 0.2) is 5.34 Å². The first-order valence-corrected chi connectivity index (χ1v) is 2.43. The first kappa shape index (κ1) is 7.33. The van der Waals surface area contributed by atoms with Crippen LogP contribution < -0.4 is 0 Å². The van der Waals surface area contributed by atoms with Crippen LogP contribution in [0.5, 0.6) is 0 Å². The van der Waals surface area contributed by atoms with Crippen molar-refractivity contribution in [1.29, 1.82) is 0 Å². The molecule has 0 aliphatic heterocycles. The van der Waals surface area contributed by atoms with Crippen molar-refractivity contribution in [3.63, 3.8) is 0 Å². The largest absolute Gasteiger partial charge is 0.326 e. The molecule has 48 valence electrons. The monoisotopic (exact) mass is 121 g/mol. The Hall–Kier alpha value is -0.670. The predicted molar refractivity (Wildman–Crippen MR) is 26.7 cm³/mol. The minimum Gasteiger partial charge on any atom is -0.326 e. The first-order valence-electron chi connectivity index (χ1n) is 2.43. The van der Waals surface area contributed by atoms with E-state index in [1.165, 1.54) is 0 Å². The lowest BCUT2D eigenvalue weighted by Gasteiger charge is -1.97. The normalized spacial score (nSPS) is 12.8. The minimum atomic E-state index is -1.52. The maximum absolute atomic E-state index is 11.9. The molecule has 4 heteroatoms. The van der Waals surface area contributed by atoms with E-state index in [1.54, 1.807) is 6.92 Å². The van der Waals surface area contributed by atoms with E-state index in [0.717, 1.165) is 0 Å². The van der Waals surface area contributed by atoms with Gasteiger partial charge < -0.3 is 4.84 Å². The molecule has 8 heavy (non-hydrogen) atoms. The van der Waals surface area contributed by atoms with Crippen LogP contribution in [-0.2, 0) is 4.84 Å². The van der Waals surface area contributed by atoms with Crippen LogP contribution >= 0.6 is 0 Å². The van der Waals surface area contributed by atoms with Gasteiger partial charge in [-0.25, -0.2) is 0 Å². The summed E-state index contributed by atoms with van der Waals surface area (Å²) in [5.41, 5.74) is 0. The Balaban J connectivity index is 3.03. The summed E-state index contributed by atoms with van der Waals surface area (Å²) in [6.45, 7) is 1.79. The molecule has 0 rings (SSSR count). The fourth-order valence-electron chi connectivity index (χ4n) is 0.326. The zero-order valence-corrected chi connectivity index (χ0v) is 4.63. The Kier molecular flexibility index (Phi) is 4.11. The molecule has 0 aromatic rings. The molecule has 0 saturated carbocycles. The lowest BCUT2D eigenvalue weighted by molar-refractivity contribution is -0.0438. The number of hydrogen-bond donors (Lipinski definition) is 0. The van der Waals surface area contributed by atoms with Gasteiger partial charge in [-0.2, -0.15) is 4.39 Å². The predicted octanol–water partition coefficient (Wildman–Crippen LogP) is 1.78. The molecule has 3 nitrogen and oxygen atoms in total. The maximum Gasteiger partial charge on any atom is 0.267 e. The highest BCUT2D eigenvalue weighted by Crippen LogP contribution is 2.02. The summed E-state index contributed by atoms with van der Waals surface area (Å²) < 4.78 is 11.9. The number of hydrogen-bond acceptors (Lipinski definition) is 3. The number of nitrogens with zero attached hydrogens (tertiary/aromatic N) is 1. The number of halogens is 1. The SMILES string of the molecule is CCCC(F)ON=O. The molecule has 0 aliphatic rings. The lowest BCUT2D eigenvalue weighted by atomic mass is 10.3. The molecule has 1 atom stereocenters. The van der Waals surface area contributed by atoms with Gasteiger partial charge in [0, 0.05) is 6.42 Å². The molecule has 0 N–H and O–H groups in total. The molecule has 1 unspecified atom stereocenters. The van der Waals surface area contributed by atoms with Crippen molar-refractivity contribution in [1.82, 2.24) is 0 Å². The van der Waals surface area contributed by atoms with Crippen molar-refractivity contribution in [2.45, 2.75) is 26.1 Å². The second-order valence-electron chi connectivity index (χ2n) is 1.38. The van der Waals surface area contributed by atoms with Crippen LogP contribution in [-0.4, -0.2) is 6.36 Å². The second kappa shape index (κ2) is 4.49. The zero-order chi connectivity index (χ0) is 6.41. The van der Waals surface area contributed by atoms with Crippen molar-refractivity contribution in [2.24, 2.45) is 5.34 Å². The van der Waals surface area contributed by atoms with Gasteiger partial charge >= 0.3 is 0 Å². The van der Waals surface area contributed by atoms with Crippen LogP contribution in [0, 0.1) is 4.91 Å². The first-order chi connectivity index (χ1) is 3.81. The Bertz CT molecular complexity index is 69.1. The lowest BCUT2D eigenvalue weighted by Crippen LogP contribution is -1.99. The molecule has 0 bridgehead atoms. The molecule has 0 amide bonds. The quantitative estimate of drug-likeness (QED) is 0.420. The third-order valence-corrected chi connectivity index (χ3v) is 0.673. The van der Waals surface area contributed by atoms with Gasteiger partial charge in [-0.05, 0) is 6.42 Å². The minimum absolute atomic E-state index is 0.228. The van der Waals surface area contributed by atoms with Gasteiger partial charge in [-0.1, -0.05) is 6.92 Å². The Morgan fingerprint density at radius 2 is 2.50 bits per heavy atom. The Morgan fingerprint density at radius 3 is 2.88 bits per heavy atom. The Labute approximate surface area is 46.8 Å². The van der Waals surface area contributed by atoms with E-state index in [2.05, 4.69) is 4.84 Å². The third-order valence-electron chi connectivity index (χ3n) is 0.673.